The second-order valence-corrected chi connectivity index (χ2v) is 21.1. The van der Waals surface area contributed by atoms with Gasteiger partial charge in [-0.15, -0.1) is 0 Å². The van der Waals surface area contributed by atoms with Crippen molar-refractivity contribution in [2.75, 3.05) is 26.4 Å². The Morgan fingerprint density at radius 1 is 0.256 bits per heavy atom. The molecule has 4 nitrogen and oxygen atoms in total. The lowest BCUT2D eigenvalue weighted by Crippen LogP contribution is -2.31. The molecule has 418 valence electrons. The molecule has 0 saturated carbocycles. The van der Waals surface area contributed by atoms with Crippen LogP contribution < -0.4 is 50.8 Å². The third-order valence-electron chi connectivity index (χ3n) is 11.4. The van der Waals surface area contributed by atoms with Crippen LogP contribution in [0.4, 0.5) is 105 Å². The standard InChI is InChI=1S/C48H24F24O4P2/c49-41(50,51)21-9-22(42(52,53)54)14-29(13-21)77(30-15-23(43(55,56)57)10-24(16-30)44(58,59)60)35-3-1-33-39(75-7-5-73-33)37(35)38-36(4-2-34-40(38)76-8-6-74-34)78(31-17-25(45(61,62)63)11-26(18-31)46(64,65)66)32-19-27(47(67,68)69)12-28(20-32)48(70,71)72/h1-4,9-20H,5-8H2. The van der Waals surface area contributed by atoms with Gasteiger partial charge in [0.05, 0.1) is 44.5 Å². The number of benzene rings is 6. The molecule has 0 fully saturated rings. The summed E-state index contributed by atoms with van der Waals surface area (Å²) in [5, 5.41) is -7.39. The fourth-order valence-corrected chi connectivity index (χ4v) is 13.4. The molecule has 0 bridgehead atoms. The number of hydrogen-bond donors (Lipinski definition) is 0. The maximum absolute atomic E-state index is 14.7. The predicted molar refractivity (Wildman–Crippen MR) is 231 cm³/mol. The summed E-state index contributed by atoms with van der Waals surface area (Å²) in [7, 11) is -7.83. The molecule has 0 N–H and O–H groups in total. The third-order valence-corrected chi connectivity index (χ3v) is 16.2. The third kappa shape index (κ3) is 12.0. The highest BCUT2D eigenvalue weighted by Gasteiger charge is 2.45. The maximum atomic E-state index is 14.7. The minimum Gasteiger partial charge on any atom is -0.486 e. The van der Waals surface area contributed by atoms with Crippen molar-refractivity contribution in [2.45, 2.75) is 49.4 Å². The van der Waals surface area contributed by atoms with Gasteiger partial charge in [-0.05, 0) is 145 Å². The van der Waals surface area contributed by atoms with Crippen molar-refractivity contribution in [3.63, 3.8) is 0 Å². The lowest BCUT2D eigenvalue weighted by Gasteiger charge is -2.33. The normalized spacial score (nSPS) is 14.8. The Bertz CT molecular complexity index is 2780. The molecule has 0 radical (unpaired) electrons. The van der Waals surface area contributed by atoms with Crippen LogP contribution in [-0.2, 0) is 49.4 Å². The number of rotatable bonds is 7. The van der Waals surface area contributed by atoms with Gasteiger partial charge in [0.1, 0.15) is 26.4 Å². The molecule has 0 atom stereocenters. The second-order valence-electron chi connectivity index (χ2n) is 16.7. The predicted octanol–water partition coefficient (Wildman–Crippen LogP) is 14.6. The van der Waals surface area contributed by atoms with Crippen molar-refractivity contribution in [2.24, 2.45) is 0 Å². The van der Waals surface area contributed by atoms with E-state index in [0.717, 1.165) is 12.1 Å². The minimum atomic E-state index is -5.79. The maximum Gasteiger partial charge on any atom is 0.416 e. The fraction of sp³-hybridized carbons (Fsp3) is 0.250. The summed E-state index contributed by atoms with van der Waals surface area (Å²) < 4.78 is 375. The smallest absolute Gasteiger partial charge is 0.416 e. The van der Waals surface area contributed by atoms with E-state index < -0.39 is 226 Å². The van der Waals surface area contributed by atoms with Crippen molar-refractivity contribution >= 4 is 47.7 Å². The SMILES string of the molecule is FC(F)(F)c1cc(P(c2cc(C(F)(F)F)cc(C(F)(F)F)c2)c2ccc3c(c2-c2c(P(c4cc(C(F)(F)F)cc(C(F)(F)F)c4)c4cc(C(F)(F)F)cc(C(F)(F)F)c4)ccc4c2OCCO4)OCCO3)cc(C(F)(F)F)c1. The summed E-state index contributed by atoms with van der Waals surface area (Å²) in [4.78, 5) is 0. The number of hydrogen-bond acceptors (Lipinski definition) is 4. The van der Waals surface area contributed by atoms with Crippen molar-refractivity contribution < 1.29 is 124 Å². The van der Waals surface area contributed by atoms with E-state index >= 15 is 0 Å². The number of fused-ring (bicyclic) bond motifs is 2. The Morgan fingerprint density at radius 2 is 0.449 bits per heavy atom. The van der Waals surface area contributed by atoms with Crippen molar-refractivity contribution in [1.82, 2.24) is 0 Å². The van der Waals surface area contributed by atoms with Crippen LogP contribution in [0.2, 0.25) is 0 Å². The van der Waals surface area contributed by atoms with Gasteiger partial charge in [-0.2, -0.15) is 105 Å². The first-order valence-electron chi connectivity index (χ1n) is 21.3. The van der Waals surface area contributed by atoms with Crippen LogP contribution in [0, 0.1) is 0 Å². The Kier molecular flexibility index (Phi) is 14.7. The molecule has 78 heavy (non-hydrogen) atoms. The summed E-state index contributed by atoms with van der Waals surface area (Å²) in [5.74, 6) is -2.79. The molecular formula is C48H24F24O4P2. The number of ether oxygens (including phenoxy) is 4. The van der Waals surface area contributed by atoms with Crippen molar-refractivity contribution in [3.8, 4) is 34.1 Å². The quantitative estimate of drug-likeness (QED) is 0.118. The van der Waals surface area contributed by atoms with E-state index in [0.29, 0.717) is 12.1 Å². The largest absolute Gasteiger partial charge is 0.486 e. The van der Waals surface area contributed by atoms with Crippen LogP contribution in [-0.4, -0.2) is 26.4 Å². The molecule has 0 unspecified atom stereocenters. The lowest BCUT2D eigenvalue weighted by atomic mass is 10.0. The summed E-state index contributed by atoms with van der Waals surface area (Å²) in [5.41, 5.74) is -19.6. The fourth-order valence-electron chi connectivity index (χ4n) is 8.19. The van der Waals surface area contributed by atoms with E-state index in [4.69, 9.17) is 18.9 Å². The van der Waals surface area contributed by atoms with E-state index in [1.165, 1.54) is 0 Å². The van der Waals surface area contributed by atoms with Gasteiger partial charge in [-0.3, -0.25) is 0 Å². The molecule has 0 saturated heterocycles. The molecule has 6 aromatic rings. The summed E-state index contributed by atoms with van der Waals surface area (Å²) in [6.45, 7) is -2.22. The molecule has 2 heterocycles. The van der Waals surface area contributed by atoms with E-state index in [2.05, 4.69) is 0 Å². The highest BCUT2D eigenvalue weighted by atomic mass is 31.1. The molecule has 6 aromatic carbocycles. The molecule has 0 aliphatic carbocycles. The molecule has 30 heteroatoms. The summed E-state index contributed by atoms with van der Waals surface area (Å²) in [6, 6.07) is 0.467. The molecule has 2 aliphatic heterocycles. The molecule has 0 aromatic heterocycles. The van der Waals surface area contributed by atoms with Crippen LogP contribution in [0.3, 0.4) is 0 Å². The highest BCUT2D eigenvalue weighted by molar-refractivity contribution is 7.80. The molecule has 8 rings (SSSR count). The molecule has 2 aliphatic rings. The Morgan fingerprint density at radius 3 is 0.641 bits per heavy atom. The zero-order valence-electron chi connectivity index (χ0n) is 37.7. The summed E-state index contributed by atoms with van der Waals surface area (Å²) in [6.07, 6.45) is -46.3. The van der Waals surface area contributed by atoms with Gasteiger partial charge in [0.15, 0.2) is 23.0 Å². The first-order chi connectivity index (χ1) is 35.7. The molecular weight excluding hydrogens is 1160 g/mol. The second kappa shape index (κ2) is 19.8. The van der Waals surface area contributed by atoms with Gasteiger partial charge < -0.3 is 18.9 Å². The van der Waals surface area contributed by atoms with Crippen LogP contribution >= 0.6 is 15.8 Å². The average molecular weight is 1180 g/mol. The lowest BCUT2D eigenvalue weighted by molar-refractivity contribution is -0.144. The zero-order chi connectivity index (χ0) is 57.7. The van der Waals surface area contributed by atoms with Crippen molar-refractivity contribution in [1.29, 1.82) is 0 Å². The van der Waals surface area contributed by atoms with Crippen LogP contribution in [0.1, 0.15) is 44.5 Å². The van der Waals surface area contributed by atoms with Crippen LogP contribution in [0.25, 0.3) is 11.1 Å². The molecule has 0 spiro atoms. The van der Waals surface area contributed by atoms with Gasteiger partial charge in [0.2, 0.25) is 0 Å². The summed E-state index contributed by atoms with van der Waals surface area (Å²) >= 11 is 0. The number of alkyl halides is 24. The zero-order valence-corrected chi connectivity index (χ0v) is 39.5. The first-order valence-corrected chi connectivity index (χ1v) is 24.0. The minimum absolute atomic E-state index is 0.0779. The highest BCUT2D eigenvalue weighted by Crippen LogP contribution is 2.55. The van der Waals surface area contributed by atoms with Crippen LogP contribution in [0.5, 0.6) is 23.0 Å². The Hall–Kier alpha value is -6.30. The van der Waals surface area contributed by atoms with Gasteiger partial charge in [-0.1, -0.05) is 0 Å². The van der Waals surface area contributed by atoms with E-state index in [1.807, 2.05) is 0 Å². The van der Waals surface area contributed by atoms with E-state index in [9.17, 15) is 105 Å². The average Bonchev–Trinajstić information content (AvgIpc) is 3.41. The van der Waals surface area contributed by atoms with Gasteiger partial charge in [0, 0.05) is 11.1 Å². The van der Waals surface area contributed by atoms with Gasteiger partial charge in [-0.25, -0.2) is 0 Å². The van der Waals surface area contributed by atoms with Gasteiger partial charge >= 0.3 is 49.4 Å². The van der Waals surface area contributed by atoms with Gasteiger partial charge in [0.25, 0.3) is 0 Å². The van der Waals surface area contributed by atoms with Crippen molar-refractivity contribution in [3.05, 3.63) is 142 Å². The number of halogens is 24. The van der Waals surface area contributed by atoms with Crippen LogP contribution in [0.15, 0.2) is 97.1 Å². The topological polar surface area (TPSA) is 36.9 Å². The van der Waals surface area contributed by atoms with E-state index in [-0.39, 0.29) is 48.5 Å². The monoisotopic (exact) mass is 1180 g/mol. The molecule has 0 amide bonds. The van der Waals surface area contributed by atoms with E-state index in [1.54, 1.807) is 0 Å². The Balaban J connectivity index is 1.63. The Labute approximate surface area is 423 Å². The first kappa shape index (κ1) is 57.9.